The smallest absolute Gasteiger partial charge is 0.223 e. The molecule has 188 valence electrons. The van der Waals surface area contributed by atoms with Crippen molar-refractivity contribution in [3.05, 3.63) is 70.7 Å². The Labute approximate surface area is 222 Å². The zero-order chi connectivity index (χ0) is 22.5. The van der Waals surface area contributed by atoms with Crippen LogP contribution >= 0.6 is 36.4 Å². The van der Waals surface area contributed by atoms with Gasteiger partial charge in [-0.1, -0.05) is 67.9 Å². The molecule has 0 spiro atoms. The summed E-state index contributed by atoms with van der Waals surface area (Å²) in [6.07, 6.45) is 2.93. The Balaban J connectivity index is 0.00000204. The predicted molar refractivity (Wildman–Crippen MR) is 146 cm³/mol. The van der Waals surface area contributed by atoms with Crippen molar-refractivity contribution in [3.8, 4) is 0 Å². The number of nitrogens with one attached hydrogen (secondary N) is 1. The highest BCUT2D eigenvalue weighted by Gasteiger charge is 2.36. The first kappa shape index (κ1) is 28.9. The van der Waals surface area contributed by atoms with Crippen molar-refractivity contribution in [1.82, 2.24) is 15.1 Å². The monoisotopic (exact) mass is 525 g/mol. The third-order valence-electron chi connectivity index (χ3n) is 7.13. The summed E-state index contributed by atoms with van der Waals surface area (Å²) in [5.74, 6) is 1.29. The van der Waals surface area contributed by atoms with E-state index in [0.717, 1.165) is 50.6 Å². The number of amides is 1. The van der Waals surface area contributed by atoms with Gasteiger partial charge in [0.25, 0.3) is 0 Å². The van der Waals surface area contributed by atoms with Crippen LogP contribution < -0.4 is 5.32 Å². The minimum atomic E-state index is 0. The molecule has 0 bridgehead atoms. The van der Waals surface area contributed by atoms with Crippen LogP contribution in [0.2, 0.25) is 5.02 Å². The van der Waals surface area contributed by atoms with Crippen molar-refractivity contribution in [2.24, 2.45) is 11.8 Å². The molecule has 0 aromatic heterocycles. The average Bonchev–Trinajstić information content (AvgIpc) is 2.82. The lowest BCUT2D eigenvalue weighted by molar-refractivity contribution is -0.139. The number of rotatable bonds is 6. The zero-order valence-electron chi connectivity index (χ0n) is 20.2. The maximum absolute atomic E-state index is 13.3. The third-order valence-corrected chi connectivity index (χ3v) is 7.38. The van der Waals surface area contributed by atoms with Gasteiger partial charge in [-0.2, -0.15) is 0 Å². The second-order valence-corrected chi connectivity index (χ2v) is 10.1. The van der Waals surface area contributed by atoms with Crippen molar-refractivity contribution in [3.63, 3.8) is 0 Å². The molecule has 0 radical (unpaired) electrons. The summed E-state index contributed by atoms with van der Waals surface area (Å²) in [5, 5.41) is 4.17. The second kappa shape index (κ2) is 13.7. The molecule has 2 aliphatic rings. The second-order valence-electron chi connectivity index (χ2n) is 9.66. The zero-order valence-corrected chi connectivity index (χ0v) is 22.5. The van der Waals surface area contributed by atoms with Gasteiger partial charge in [-0.15, -0.1) is 24.8 Å². The van der Waals surface area contributed by atoms with E-state index in [2.05, 4.69) is 71.4 Å². The number of piperidine rings is 1. The fourth-order valence-corrected chi connectivity index (χ4v) is 5.42. The molecule has 0 aliphatic carbocycles. The molecule has 1 unspecified atom stereocenters. The molecule has 2 aromatic rings. The molecule has 2 aromatic carbocycles. The molecule has 2 atom stereocenters. The van der Waals surface area contributed by atoms with E-state index in [1.807, 2.05) is 12.1 Å². The molecule has 2 heterocycles. The number of benzene rings is 2. The maximum Gasteiger partial charge on any atom is 0.223 e. The Morgan fingerprint density at radius 1 is 0.971 bits per heavy atom. The van der Waals surface area contributed by atoms with Gasteiger partial charge in [0.1, 0.15) is 0 Å². The number of piperazine rings is 1. The lowest BCUT2D eigenvalue weighted by Gasteiger charge is -2.46. The largest absolute Gasteiger partial charge is 0.337 e. The quantitative estimate of drug-likeness (QED) is 0.514. The molecular formula is C27H38Cl3N3O. The predicted octanol–water partition coefficient (Wildman–Crippen LogP) is 5.83. The summed E-state index contributed by atoms with van der Waals surface area (Å²) in [6, 6.07) is 19.3. The van der Waals surface area contributed by atoms with Crippen LogP contribution in [0.5, 0.6) is 0 Å². The average molecular weight is 527 g/mol. The number of hydrogen-bond donors (Lipinski definition) is 1. The van der Waals surface area contributed by atoms with E-state index in [1.165, 1.54) is 11.1 Å². The van der Waals surface area contributed by atoms with Gasteiger partial charge in [0.05, 0.1) is 6.04 Å². The number of nitrogens with zero attached hydrogens (tertiary/aromatic N) is 2. The van der Waals surface area contributed by atoms with E-state index in [9.17, 15) is 4.79 Å². The van der Waals surface area contributed by atoms with Crippen LogP contribution in [0.15, 0.2) is 54.6 Å². The highest BCUT2D eigenvalue weighted by Crippen LogP contribution is 2.33. The van der Waals surface area contributed by atoms with Crippen molar-refractivity contribution < 1.29 is 4.79 Å². The number of hydrogen-bond acceptors (Lipinski definition) is 3. The fourth-order valence-electron chi connectivity index (χ4n) is 5.29. The summed E-state index contributed by atoms with van der Waals surface area (Å²) in [7, 11) is 0. The summed E-state index contributed by atoms with van der Waals surface area (Å²) in [6.45, 7) is 9.14. The Bertz CT molecular complexity index is 872. The van der Waals surface area contributed by atoms with E-state index in [4.69, 9.17) is 11.6 Å². The van der Waals surface area contributed by atoms with Crippen LogP contribution in [0.3, 0.4) is 0 Å². The van der Waals surface area contributed by atoms with Crippen molar-refractivity contribution in [1.29, 1.82) is 0 Å². The van der Waals surface area contributed by atoms with Crippen LogP contribution in [0.25, 0.3) is 0 Å². The van der Waals surface area contributed by atoms with Crippen LogP contribution in [-0.4, -0.2) is 54.5 Å². The molecule has 2 aliphatic heterocycles. The standard InChI is InChI=1S/C27H36ClN3O.2ClH/c1-20(2)25-19-30(16-17-31(25)26(32)18-21-12-14-29-15-13-21)27(22-6-4-3-5-7-22)23-8-10-24(28)11-9-23;;/h3-11,20-21,25,27,29H,12-19H2,1-2H3;2*1H/t25-,27?;;/m1../s1. The van der Waals surface area contributed by atoms with Gasteiger partial charge in [0, 0.05) is 37.1 Å². The fraction of sp³-hybridized carbons (Fsp3) is 0.519. The van der Waals surface area contributed by atoms with E-state index in [1.54, 1.807) is 0 Å². The van der Waals surface area contributed by atoms with Gasteiger partial charge >= 0.3 is 0 Å². The Kier molecular flexibility index (Phi) is 11.7. The first-order valence-corrected chi connectivity index (χ1v) is 12.5. The van der Waals surface area contributed by atoms with Crippen molar-refractivity contribution in [2.75, 3.05) is 32.7 Å². The van der Waals surface area contributed by atoms with E-state index >= 15 is 0 Å². The minimum absolute atomic E-state index is 0. The number of halogens is 3. The molecule has 4 nitrogen and oxygen atoms in total. The molecular weight excluding hydrogens is 489 g/mol. The molecule has 2 fully saturated rings. The Morgan fingerprint density at radius 2 is 1.59 bits per heavy atom. The summed E-state index contributed by atoms with van der Waals surface area (Å²) in [5.41, 5.74) is 2.53. The molecule has 7 heteroatoms. The van der Waals surface area contributed by atoms with Gasteiger partial charge in [0.2, 0.25) is 5.91 Å². The van der Waals surface area contributed by atoms with Gasteiger partial charge in [-0.25, -0.2) is 0 Å². The first-order chi connectivity index (χ1) is 15.5. The highest BCUT2D eigenvalue weighted by molar-refractivity contribution is 6.30. The van der Waals surface area contributed by atoms with Gasteiger partial charge in [-0.05, 0) is 61.0 Å². The van der Waals surface area contributed by atoms with Gasteiger partial charge < -0.3 is 10.2 Å². The Hall–Kier alpha value is -1.30. The molecule has 1 amide bonds. The number of carbonyl (C=O) groups is 1. The normalized spacial score (nSPS) is 20.4. The van der Waals surface area contributed by atoms with Crippen molar-refractivity contribution in [2.45, 2.75) is 45.2 Å². The summed E-state index contributed by atoms with van der Waals surface area (Å²) >= 11 is 6.19. The van der Waals surface area contributed by atoms with Gasteiger partial charge in [0.15, 0.2) is 0 Å². The lowest BCUT2D eigenvalue weighted by atomic mass is 9.91. The van der Waals surface area contributed by atoms with Crippen LogP contribution in [0.1, 0.15) is 50.3 Å². The van der Waals surface area contributed by atoms with E-state index < -0.39 is 0 Å². The topological polar surface area (TPSA) is 35.6 Å². The van der Waals surface area contributed by atoms with Crippen molar-refractivity contribution >= 4 is 42.3 Å². The van der Waals surface area contributed by atoms with E-state index in [-0.39, 0.29) is 36.9 Å². The molecule has 1 N–H and O–H groups in total. The molecule has 4 rings (SSSR count). The lowest BCUT2D eigenvalue weighted by Crippen LogP contribution is -2.58. The molecule has 34 heavy (non-hydrogen) atoms. The van der Waals surface area contributed by atoms with Crippen LogP contribution in [0, 0.1) is 11.8 Å². The summed E-state index contributed by atoms with van der Waals surface area (Å²) in [4.78, 5) is 18.0. The SMILES string of the molecule is CC(C)[C@H]1CN(C(c2ccccc2)c2ccc(Cl)cc2)CCN1C(=O)CC1CCNCC1.Cl.Cl. The maximum atomic E-state index is 13.3. The molecule has 0 saturated carbocycles. The van der Waals surface area contributed by atoms with Crippen LogP contribution in [0.4, 0.5) is 0 Å². The summed E-state index contributed by atoms with van der Waals surface area (Å²) < 4.78 is 0. The highest BCUT2D eigenvalue weighted by atomic mass is 35.5. The minimum Gasteiger partial charge on any atom is -0.337 e. The third kappa shape index (κ3) is 7.11. The number of carbonyl (C=O) groups excluding carboxylic acids is 1. The van der Waals surface area contributed by atoms with E-state index in [0.29, 0.717) is 24.2 Å². The Morgan fingerprint density at radius 3 is 2.21 bits per heavy atom. The first-order valence-electron chi connectivity index (χ1n) is 12.1. The van der Waals surface area contributed by atoms with Gasteiger partial charge in [-0.3, -0.25) is 9.69 Å². The van der Waals surface area contributed by atoms with Crippen LogP contribution in [-0.2, 0) is 4.79 Å². The molecule has 2 saturated heterocycles.